The van der Waals surface area contributed by atoms with E-state index in [1.165, 1.54) is 25.7 Å². The molecule has 5 nitrogen and oxygen atoms in total. The molecule has 156 valence electrons. The average molecular weight is 388 g/mol. The summed E-state index contributed by atoms with van der Waals surface area (Å²) in [4.78, 5) is 24.7. The summed E-state index contributed by atoms with van der Waals surface area (Å²) in [5, 5.41) is 1.87. The minimum Gasteiger partial charge on any atom is -0.367 e. The van der Waals surface area contributed by atoms with E-state index in [0.29, 0.717) is 0 Å². The number of hydrogen-bond donors (Lipinski definition) is 0. The summed E-state index contributed by atoms with van der Waals surface area (Å²) in [5.41, 5.74) is 0.666. The topological polar surface area (TPSA) is 45.7 Å². The van der Waals surface area contributed by atoms with Gasteiger partial charge in [0.2, 0.25) is 0 Å². The molecule has 1 aromatic rings. The lowest BCUT2D eigenvalue weighted by Crippen LogP contribution is -2.39. The normalized spacial score (nSPS) is 20.4. The third-order valence-electron chi connectivity index (χ3n) is 6.19. The number of rotatable bonds is 5. The van der Waals surface area contributed by atoms with Gasteiger partial charge in [-0.3, -0.25) is 0 Å². The van der Waals surface area contributed by atoms with E-state index in [9.17, 15) is 4.79 Å². The maximum Gasteiger partial charge on any atom is 0.330 e. The minimum absolute atomic E-state index is 0.124. The van der Waals surface area contributed by atoms with Gasteiger partial charge in [-0.15, -0.1) is 5.06 Å². The first-order chi connectivity index (χ1) is 13.3. The molecule has 0 N–H and O–H groups in total. The SMILES string of the molecule is Cc1cccc(N2CCC(CCC3CCN(OC(=O)C(C)(C)C)CC3)CC2)n1. The monoisotopic (exact) mass is 387 g/mol. The van der Waals surface area contributed by atoms with Crippen molar-refractivity contribution in [1.29, 1.82) is 0 Å². The van der Waals surface area contributed by atoms with Gasteiger partial charge in [0.05, 0.1) is 5.41 Å². The van der Waals surface area contributed by atoms with Crippen LogP contribution in [0.15, 0.2) is 18.2 Å². The Kier molecular flexibility index (Phi) is 6.97. The van der Waals surface area contributed by atoms with Crippen LogP contribution in [-0.4, -0.2) is 42.2 Å². The van der Waals surface area contributed by atoms with E-state index < -0.39 is 5.41 Å². The second-order valence-corrected chi connectivity index (χ2v) is 9.65. The molecule has 2 aliphatic heterocycles. The Morgan fingerprint density at radius 3 is 2.14 bits per heavy atom. The van der Waals surface area contributed by atoms with E-state index >= 15 is 0 Å². The number of pyridine rings is 1. The molecule has 0 aliphatic carbocycles. The van der Waals surface area contributed by atoms with Crippen molar-refractivity contribution in [3.05, 3.63) is 23.9 Å². The van der Waals surface area contributed by atoms with Gasteiger partial charge in [-0.2, -0.15) is 0 Å². The lowest BCUT2D eigenvalue weighted by atomic mass is 9.85. The van der Waals surface area contributed by atoms with E-state index in [-0.39, 0.29) is 5.97 Å². The maximum absolute atomic E-state index is 12.0. The molecule has 0 amide bonds. The highest BCUT2D eigenvalue weighted by atomic mass is 16.7. The van der Waals surface area contributed by atoms with E-state index in [4.69, 9.17) is 4.84 Å². The van der Waals surface area contributed by atoms with Gasteiger partial charge in [0.25, 0.3) is 0 Å². The Morgan fingerprint density at radius 2 is 1.61 bits per heavy atom. The van der Waals surface area contributed by atoms with Crippen LogP contribution in [0.2, 0.25) is 0 Å². The highest BCUT2D eigenvalue weighted by Crippen LogP contribution is 2.30. The molecule has 0 radical (unpaired) electrons. The largest absolute Gasteiger partial charge is 0.367 e. The van der Waals surface area contributed by atoms with Crippen molar-refractivity contribution >= 4 is 11.8 Å². The zero-order chi connectivity index (χ0) is 20.1. The smallest absolute Gasteiger partial charge is 0.330 e. The molecule has 0 saturated carbocycles. The zero-order valence-electron chi connectivity index (χ0n) is 18.1. The van der Waals surface area contributed by atoms with Gasteiger partial charge in [0, 0.05) is 31.9 Å². The molecule has 0 bridgehead atoms. The lowest BCUT2D eigenvalue weighted by Gasteiger charge is -2.35. The zero-order valence-corrected chi connectivity index (χ0v) is 18.1. The molecule has 0 spiro atoms. The van der Waals surface area contributed by atoms with Crippen molar-refractivity contribution in [3.8, 4) is 0 Å². The molecule has 0 aromatic carbocycles. The first kappa shape index (κ1) is 21.1. The molecule has 28 heavy (non-hydrogen) atoms. The van der Waals surface area contributed by atoms with Crippen molar-refractivity contribution in [1.82, 2.24) is 10.0 Å². The van der Waals surface area contributed by atoms with Crippen LogP contribution in [0.25, 0.3) is 0 Å². The summed E-state index contributed by atoms with van der Waals surface area (Å²) < 4.78 is 0. The maximum atomic E-state index is 12.0. The van der Waals surface area contributed by atoms with E-state index in [2.05, 4.69) is 35.0 Å². The van der Waals surface area contributed by atoms with Gasteiger partial charge in [-0.05, 0) is 77.3 Å². The number of nitrogens with zero attached hydrogens (tertiary/aromatic N) is 3. The van der Waals surface area contributed by atoms with Gasteiger partial charge in [0.15, 0.2) is 0 Å². The second kappa shape index (κ2) is 9.25. The lowest BCUT2D eigenvalue weighted by molar-refractivity contribution is -0.206. The predicted octanol–water partition coefficient (Wildman–Crippen LogP) is 4.60. The summed E-state index contributed by atoms with van der Waals surface area (Å²) in [6.45, 7) is 11.8. The third-order valence-corrected chi connectivity index (χ3v) is 6.19. The van der Waals surface area contributed by atoms with E-state index in [1.54, 1.807) is 0 Å². The fourth-order valence-corrected chi connectivity index (χ4v) is 4.17. The quantitative estimate of drug-likeness (QED) is 0.739. The van der Waals surface area contributed by atoms with Crippen LogP contribution in [0, 0.1) is 24.2 Å². The van der Waals surface area contributed by atoms with Crippen LogP contribution in [0.3, 0.4) is 0 Å². The van der Waals surface area contributed by atoms with Crippen LogP contribution in [0.4, 0.5) is 5.82 Å². The summed E-state index contributed by atoms with van der Waals surface area (Å²) in [6.07, 6.45) is 7.48. The Balaban J connectivity index is 1.34. The standard InChI is InChI=1S/C23H37N3O2/c1-18-6-5-7-21(24-18)25-14-10-19(11-15-25)8-9-20-12-16-26(17-13-20)28-22(27)23(2,3)4/h5-7,19-20H,8-17H2,1-4H3. The number of hydroxylamine groups is 2. The average Bonchev–Trinajstić information content (AvgIpc) is 2.67. The minimum atomic E-state index is -0.431. The van der Waals surface area contributed by atoms with Crippen molar-refractivity contribution in [2.24, 2.45) is 17.3 Å². The van der Waals surface area contributed by atoms with Gasteiger partial charge >= 0.3 is 5.97 Å². The van der Waals surface area contributed by atoms with Crippen molar-refractivity contribution in [2.75, 3.05) is 31.1 Å². The Hall–Kier alpha value is -1.62. The molecule has 0 unspecified atom stereocenters. The van der Waals surface area contributed by atoms with E-state index in [1.807, 2.05) is 25.8 Å². The number of anilines is 1. The van der Waals surface area contributed by atoms with Crippen LogP contribution in [0.1, 0.15) is 65.0 Å². The molecule has 0 atom stereocenters. The molecular formula is C23H37N3O2. The number of piperidine rings is 2. The van der Waals surface area contributed by atoms with Crippen LogP contribution < -0.4 is 4.90 Å². The van der Waals surface area contributed by atoms with Crippen LogP contribution >= 0.6 is 0 Å². The molecular weight excluding hydrogens is 350 g/mol. The van der Waals surface area contributed by atoms with Crippen LogP contribution in [-0.2, 0) is 9.63 Å². The summed E-state index contributed by atoms with van der Waals surface area (Å²) in [6, 6.07) is 6.30. The molecule has 1 aromatic heterocycles. The number of aryl methyl sites for hydroxylation is 1. The highest BCUT2D eigenvalue weighted by Gasteiger charge is 2.29. The van der Waals surface area contributed by atoms with Gasteiger partial charge in [-0.25, -0.2) is 9.78 Å². The first-order valence-corrected chi connectivity index (χ1v) is 11.0. The number of carbonyl (C=O) groups excluding carboxylic acids is 1. The predicted molar refractivity (Wildman–Crippen MR) is 113 cm³/mol. The molecule has 2 saturated heterocycles. The van der Waals surface area contributed by atoms with Gasteiger partial charge in [0.1, 0.15) is 5.82 Å². The fraction of sp³-hybridized carbons (Fsp3) is 0.739. The first-order valence-electron chi connectivity index (χ1n) is 11.0. The summed E-state index contributed by atoms with van der Waals surface area (Å²) in [5.74, 6) is 2.63. The highest BCUT2D eigenvalue weighted by molar-refractivity contribution is 5.75. The third kappa shape index (κ3) is 5.94. The molecule has 3 heterocycles. The number of carbonyl (C=O) groups is 1. The molecule has 5 heteroatoms. The van der Waals surface area contributed by atoms with Gasteiger partial charge < -0.3 is 9.74 Å². The Labute approximate surface area is 170 Å². The number of aromatic nitrogens is 1. The Morgan fingerprint density at radius 1 is 1.04 bits per heavy atom. The summed E-state index contributed by atoms with van der Waals surface area (Å²) >= 11 is 0. The fourth-order valence-electron chi connectivity index (χ4n) is 4.17. The number of hydrogen-bond acceptors (Lipinski definition) is 5. The summed E-state index contributed by atoms with van der Waals surface area (Å²) in [7, 11) is 0. The van der Waals surface area contributed by atoms with Gasteiger partial charge in [-0.1, -0.05) is 18.9 Å². The molecule has 2 aliphatic rings. The molecule has 3 rings (SSSR count). The van der Waals surface area contributed by atoms with Crippen molar-refractivity contribution < 1.29 is 9.63 Å². The van der Waals surface area contributed by atoms with Crippen molar-refractivity contribution in [3.63, 3.8) is 0 Å². The second-order valence-electron chi connectivity index (χ2n) is 9.65. The Bertz CT molecular complexity index is 639. The molecule has 2 fully saturated rings. The van der Waals surface area contributed by atoms with Crippen molar-refractivity contribution in [2.45, 2.75) is 66.2 Å². The van der Waals surface area contributed by atoms with Crippen LogP contribution in [0.5, 0.6) is 0 Å². The van der Waals surface area contributed by atoms with E-state index in [0.717, 1.165) is 62.4 Å².